The van der Waals surface area contributed by atoms with Gasteiger partial charge in [0.1, 0.15) is 5.82 Å². The maximum atomic E-state index is 13.8. The highest BCUT2D eigenvalue weighted by Gasteiger charge is 2.14. The van der Waals surface area contributed by atoms with E-state index in [1.54, 1.807) is 13.0 Å². The molecule has 0 bridgehead atoms. The lowest BCUT2D eigenvalue weighted by Gasteiger charge is -2.11. The van der Waals surface area contributed by atoms with Crippen LogP contribution in [0.5, 0.6) is 0 Å². The van der Waals surface area contributed by atoms with Gasteiger partial charge in [-0.15, -0.1) is 0 Å². The Labute approximate surface area is 142 Å². The summed E-state index contributed by atoms with van der Waals surface area (Å²) in [6.45, 7) is 3.72. The van der Waals surface area contributed by atoms with Gasteiger partial charge in [0.2, 0.25) is 5.95 Å². The van der Waals surface area contributed by atoms with Crippen LogP contribution in [0.25, 0.3) is 0 Å². The smallest absolute Gasteiger partial charge is 0.229 e. The van der Waals surface area contributed by atoms with E-state index in [-0.39, 0.29) is 11.5 Å². The van der Waals surface area contributed by atoms with Crippen LogP contribution in [0.4, 0.5) is 36.3 Å². The predicted octanol–water partition coefficient (Wildman–Crippen LogP) is 5.00. The summed E-state index contributed by atoms with van der Waals surface area (Å²) < 4.78 is 40.2. The molecule has 0 amide bonds. The second kappa shape index (κ2) is 6.80. The highest BCUT2D eigenvalue weighted by molar-refractivity contribution is 5.60. The van der Waals surface area contributed by atoms with Crippen LogP contribution in [0.1, 0.15) is 11.3 Å². The number of aromatic nitrogens is 2. The highest BCUT2D eigenvalue weighted by Crippen LogP contribution is 2.24. The number of anilines is 4. The first kappa shape index (κ1) is 16.8. The molecule has 3 aromatic rings. The first-order valence-electron chi connectivity index (χ1n) is 7.52. The lowest BCUT2D eigenvalue weighted by atomic mass is 10.2. The topological polar surface area (TPSA) is 49.8 Å². The fourth-order valence-electron chi connectivity index (χ4n) is 2.21. The zero-order chi connectivity index (χ0) is 18.0. The van der Waals surface area contributed by atoms with Gasteiger partial charge < -0.3 is 10.6 Å². The third kappa shape index (κ3) is 3.88. The first-order chi connectivity index (χ1) is 11.9. The van der Waals surface area contributed by atoms with Crippen LogP contribution < -0.4 is 10.6 Å². The number of rotatable bonds is 4. The molecule has 128 valence electrons. The standard InChI is InChI=1S/C18H15F3N4/c1-10-3-5-12(6-4-10)23-18-22-11(2)9-15(25-18)24-14-8-7-13(19)16(20)17(14)21/h3-9H,1-2H3,(H2,22,23,24,25). The van der Waals surface area contributed by atoms with E-state index in [9.17, 15) is 13.2 Å². The van der Waals surface area contributed by atoms with Crippen LogP contribution in [-0.2, 0) is 0 Å². The lowest BCUT2D eigenvalue weighted by molar-refractivity contribution is 0.449. The number of benzene rings is 2. The molecule has 1 heterocycles. The van der Waals surface area contributed by atoms with Gasteiger partial charge in [0, 0.05) is 17.4 Å². The molecule has 0 atom stereocenters. The molecule has 0 aliphatic carbocycles. The fourth-order valence-corrected chi connectivity index (χ4v) is 2.21. The van der Waals surface area contributed by atoms with E-state index >= 15 is 0 Å². The molecular formula is C18H15F3N4. The van der Waals surface area contributed by atoms with E-state index < -0.39 is 17.5 Å². The van der Waals surface area contributed by atoms with Crippen LogP contribution >= 0.6 is 0 Å². The fraction of sp³-hybridized carbons (Fsp3) is 0.111. The van der Waals surface area contributed by atoms with Gasteiger partial charge in [-0.2, -0.15) is 4.98 Å². The Bertz CT molecular complexity index is 911. The Hall–Kier alpha value is -3.09. The average Bonchev–Trinajstić information content (AvgIpc) is 2.57. The molecule has 25 heavy (non-hydrogen) atoms. The van der Waals surface area contributed by atoms with Gasteiger partial charge in [0.25, 0.3) is 0 Å². The van der Waals surface area contributed by atoms with Crippen molar-refractivity contribution in [2.45, 2.75) is 13.8 Å². The predicted molar refractivity (Wildman–Crippen MR) is 90.8 cm³/mol. The third-order valence-electron chi connectivity index (χ3n) is 3.46. The van der Waals surface area contributed by atoms with Crippen molar-refractivity contribution < 1.29 is 13.2 Å². The van der Waals surface area contributed by atoms with Crippen molar-refractivity contribution in [3.8, 4) is 0 Å². The summed E-state index contributed by atoms with van der Waals surface area (Å²) >= 11 is 0. The number of hydrogen-bond acceptors (Lipinski definition) is 4. The minimum Gasteiger partial charge on any atom is -0.338 e. The molecule has 0 spiro atoms. The first-order valence-corrected chi connectivity index (χ1v) is 7.52. The molecule has 0 aliphatic rings. The van der Waals surface area contributed by atoms with E-state index in [4.69, 9.17) is 0 Å². The quantitative estimate of drug-likeness (QED) is 0.654. The maximum Gasteiger partial charge on any atom is 0.229 e. The second-order valence-electron chi connectivity index (χ2n) is 5.56. The van der Waals surface area contributed by atoms with E-state index in [0.29, 0.717) is 11.6 Å². The summed E-state index contributed by atoms with van der Waals surface area (Å²) in [4.78, 5) is 8.48. The largest absolute Gasteiger partial charge is 0.338 e. The molecule has 0 aliphatic heterocycles. The van der Waals surface area contributed by atoms with E-state index in [2.05, 4.69) is 20.6 Å². The number of nitrogens with zero attached hydrogens (tertiary/aromatic N) is 2. The number of hydrogen-bond donors (Lipinski definition) is 2. The number of aryl methyl sites for hydroxylation is 2. The molecule has 4 nitrogen and oxygen atoms in total. The normalized spacial score (nSPS) is 10.6. The van der Waals surface area contributed by atoms with Gasteiger partial charge in [0.05, 0.1) is 5.69 Å². The maximum absolute atomic E-state index is 13.8. The molecule has 2 N–H and O–H groups in total. The van der Waals surface area contributed by atoms with Crippen molar-refractivity contribution in [2.75, 3.05) is 10.6 Å². The summed E-state index contributed by atoms with van der Waals surface area (Å²) in [6, 6.07) is 11.2. The van der Waals surface area contributed by atoms with Crippen molar-refractivity contribution in [3.05, 3.63) is 71.2 Å². The van der Waals surface area contributed by atoms with Crippen LogP contribution in [0.2, 0.25) is 0 Å². The van der Waals surface area contributed by atoms with Crippen molar-refractivity contribution in [3.63, 3.8) is 0 Å². The molecule has 7 heteroatoms. The van der Waals surface area contributed by atoms with E-state index in [1.165, 1.54) is 0 Å². The molecule has 0 fully saturated rings. The number of nitrogens with one attached hydrogen (secondary N) is 2. The highest BCUT2D eigenvalue weighted by atomic mass is 19.2. The summed E-state index contributed by atoms with van der Waals surface area (Å²) in [5, 5.41) is 5.69. The van der Waals surface area contributed by atoms with Gasteiger partial charge in [-0.3, -0.25) is 0 Å². The zero-order valence-corrected chi connectivity index (χ0v) is 13.6. The molecule has 0 unspecified atom stereocenters. The molecule has 3 rings (SSSR count). The van der Waals surface area contributed by atoms with Gasteiger partial charge in [-0.05, 0) is 38.1 Å². The molecule has 2 aromatic carbocycles. The second-order valence-corrected chi connectivity index (χ2v) is 5.56. The molecular weight excluding hydrogens is 329 g/mol. The summed E-state index contributed by atoms with van der Waals surface area (Å²) in [6.07, 6.45) is 0. The van der Waals surface area contributed by atoms with Crippen molar-refractivity contribution in [1.29, 1.82) is 0 Å². The SMILES string of the molecule is Cc1ccc(Nc2nc(C)cc(Nc3ccc(F)c(F)c3F)n2)cc1. The Balaban J connectivity index is 1.87. The van der Waals surface area contributed by atoms with Gasteiger partial charge >= 0.3 is 0 Å². The van der Waals surface area contributed by atoms with Gasteiger partial charge in [-0.1, -0.05) is 17.7 Å². The number of halogens is 3. The van der Waals surface area contributed by atoms with Crippen molar-refractivity contribution in [1.82, 2.24) is 9.97 Å². The minimum atomic E-state index is -1.53. The molecule has 0 saturated carbocycles. The van der Waals surface area contributed by atoms with E-state index in [1.807, 2.05) is 31.2 Å². The summed E-state index contributed by atoms with van der Waals surface area (Å²) in [7, 11) is 0. The third-order valence-corrected chi connectivity index (χ3v) is 3.46. The Morgan fingerprint density at radius 2 is 1.52 bits per heavy atom. The van der Waals surface area contributed by atoms with Crippen LogP contribution in [0, 0.1) is 31.3 Å². The minimum absolute atomic E-state index is 0.210. The molecule has 0 radical (unpaired) electrons. The monoisotopic (exact) mass is 344 g/mol. The zero-order valence-electron chi connectivity index (χ0n) is 13.6. The van der Waals surface area contributed by atoms with E-state index in [0.717, 1.165) is 23.4 Å². The lowest BCUT2D eigenvalue weighted by Crippen LogP contribution is -2.04. The van der Waals surface area contributed by atoms with Crippen LogP contribution in [0.15, 0.2) is 42.5 Å². The van der Waals surface area contributed by atoms with Crippen molar-refractivity contribution >= 4 is 23.1 Å². The van der Waals surface area contributed by atoms with Crippen molar-refractivity contribution in [2.24, 2.45) is 0 Å². The summed E-state index contributed by atoms with van der Waals surface area (Å²) in [5.41, 5.74) is 2.32. The average molecular weight is 344 g/mol. The molecule has 1 aromatic heterocycles. The van der Waals surface area contributed by atoms with Gasteiger partial charge in [-0.25, -0.2) is 18.2 Å². The van der Waals surface area contributed by atoms with Crippen LogP contribution in [0.3, 0.4) is 0 Å². The Kier molecular flexibility index (Phi) is 4.56. The Morgan fingerprint density at radius 1 is 0.800 bits per heavy atom. The molecule has 0 saturated heterocycles. The van der Waals surface area contributed by atoms with Gasteiger partial charge in [0.15, 0.2) is 17.5 Å². The Morgan fingerprint density at radius 3 is 2.24 bits per heavy atom. The summed E-state index contributed by atoms with van der Waals surface area (Å²) in [5.74, 6) is -3.52. The van der Waals surface area contributed by atoms with Crippen LogP contribution in [-0.4, -0.2) is 9.97 Å².